The standard InChI is InChI=1S/C11H20N2O3S/c1-4-9-8-10(13(5-2)12-9)11(14)6-7-17(3,15)16/h8,11,14H,4-7H2,1-3H3. The summed E-state index contributed by atoms with van der Waals surface area (Å²) < 4.78 is 23.8. The van der Waals surface area contributed by atoms with E-state index in [4.69, 9.17) is 0 Å². The number of aromatic nitrogens is 2. The van der Waals surface area contributed by atoms with Crippen LogP contribution >= 0.6 is 0 Å². The molecule has 1 aromatic rings. The Morgan fingerprint density at radius 1 is 1.47 bits per heavy atom. The quantitative estimate of drug-likeness (QED) is 0.826. The van der Waals surface area contributed by atoms with Crippen LogP contribution in [0, 0.1) is 0 Å². The van der Waals surface area contributed by atoms with Crippen molar-refractivity contribution in [2.75, 3.05) is 12.0 Å². The number of aliphatic hydroxyl groups excluding tert-OH is 1. The lowest BCUT2D eigenvalue weighted by atomic mass is 10.2. The summed E-state index contributed by atoms with van der Waals surface area (Å²) in [5.74, 6) is -0.00941. The van der Waals surface area contributed by atoms with Crippen LogP contribution in [-0.2, 0) is 22.8 Å². The first-order valence-corrected chi connectivity index (χ1v) is 7.85. The zero-order valence-corrected chi connectivity index (χ0v) is 11.4. The first-order valence-electron chi connectivity index (χ1n) is 5.79. The van der Waals surface area contributed by atoms with Gasteiger partial charge in [-0.3, -0.25) is 4.68 Å². The van der Waals surface area contributed by atoms with Crippen molar-refractivity contribution in [2.45, 2.75) is 39.3 Å². The molecule has 5 nitrogen and oxygen atoms in total. The van der Waals surface area contributed by atoms with Gasteiger partial charge in [0.1, 0.15) is 9.84 Å². The van der Waals surface area contributed by atoms with Gasteiger partial charge in [-0.25, -0.2) is 8.42 Å². The van der Waals surface area contributed by atoms with Crippen molar-refractivity contribution < 1.29 is 13.5 Å². The van der Waals surface area contributed by atoms with Gasteiger partial charge in [-0.05, 0) is 25.8 Å². The average molecular weight is 260 g/mol. The van der Waals surface area contributed by atoms with Gasteiger partial charge < -0.3 is 5.11 Å². The van der Waals surface area contributed by atoms with E-state index < -0.39 is 15.9 Å². The molecule has 1 rings (SSSR count). The highest BCUT2D eigenvalue weighted by Crippen LogP contribution is 2.19. The Bertz CT molecular complexity index is 465. The van der Waals surface area contributed by atoms with Gasteiger partial charge in [-0.1, -0.05) is 6.92 Å². The van der Waals surface area contributed by atoms with Crippen LogP contribution in [0.3, 0.4) is 0 Å². The van der Waals surface area contributed by atoms with Gasteiger partial charge in [0.05, 0.1) is 23.2 Å². The molecule has 0 saturated heterocycles. The largest absolute Gasteiger partial charge is 0.387 e. The summed E-state index contributed by atoms with van der Waals surface area (Å²) in [4.78, 5) is 0. The van der Waals surface area contributed by atoms with Crippen LogP contribution in [0.2, 0.25) is 0 Å². The molecule has 0 aliphatic carbocycles. The highest BCUT2D eigenvalue weighted by atomic mass is 32.2. The number of aliphatic hydroxyl groups is 1. The fourth-order valence-corrected chi connectivity index (χ4v) is 2.31. The Labute approximate surface area is 102 Å². The van der Waals surface area contributed by atoms with Crippen LogP contribution < -0.4 is 0 Å². The molecule has 98 valence electrons. The summed E-state index contributed by atoms with van der Waals surface area (Å²) in [5.41, 5.74) is 1.62. The molecule has 0 aromatic carbocycles. The van der Waals surface area contributed by atoms with Crippen molar-refractivity contribution in [3.63, 3.8) is 0 Å². The Morgan fingerprint density at radius 2 is 2.12 bits per heavy atom. The molecular formula is C11H20N2O3S. The topological polar surface area (TPSA) is 72.2 Å². The van der Waals surface area contributed by atoms with Gasteiger partial charge in [-0.15, -0.1) is 0 Å². The lowest BCUT2D eigenvalue weighted by molar-refractivity contribution is 0.163. The monoisotopic (exact) mass is 260 g/mol. The Hall–Kier alpha value is -0.880. The van der Waals surface area contributed by atoms with Crippen molar-refractivity contribution in [3.8, 4) is 0 Å². The second-order valence-electron chi connectivity index (χ2n) is 4.16. The third kappa shape index (κ3) is 4.12. The van der Waals surface area contributed by atoms with Crippen molar-refractivity contribution >= 4 is 9.84 Å². The normalized spacial score (nSPS) is 13.9. The number of aryl methyl sites for hydroxylation is 2. The molecular weight excluding hydrogens is 240 g/mol. The molecule has 0 fully saturated rings. The fourth-order valence-electron chi connectivity index (χ4n) is 1.65. The van der Waals surface area contributed by atoms with E-state index >= 15 is 0 Å². The number of sulfone groups is 1. The van der Waals surface area contributed by atoms with Crippen molar-refractivity contribution in [1.82, 2.24) is 9.78 Å². The Balaban J connectivity index is 2.80. The van der Waals surface area contributed by atoms with E-state index in [1.165, 1.54) is 6.26 Å². The minimum Gasteiger partial charge on any atom is -0.387 e. The predicted octanol–water partition coefficient (Wildman–Crippen LogP) is 0.933. The maximum absolute atomic E-state index is 11.0. The first kappa shape index (κ1) is 14.2. The summed E-state index contributed by atoms with van der Waals surface area (Å²) in [6, 6.07) is 1.84. The van der Waals surface area contributed by atoms with Gasteiger partial charge in [-0.2, -0.15) is 5.10 Å². The van der Waals surface area contributed by atoms with Crippen LogP contribution in [0.5, 0.6) is 0 Å². The molecule has 1 atom stereocenters. The highest BCUT2D eigenvalue weighted by Gasteiger charge is 2.16. The first-order chi connectivity index (χ1) is 7.87. The maximum atomic E-state index is 11.0. The predicted molar refractivity (Wildman–Crippen MR) is 66.6 cm³/mol. The van der Waals surface area contributed by atoms with E-state index in [0.717, 1.165) is 12.1 Å². The molecule has 0 aliphatic rings. The third-order valence-corrected chi connectivity index (χ3v) is 3.60. The van der Waals surface area contributed by atoms with Crippen LogP contribution in [0.25, 0.3) is 0 Å². The van der Waals surface area contributed by atoms with Crippen LogP contribution in [0.4, 0.5) is 0 Å². The average Bonchev–Trinajstić information content (AvgIpc) is 2.68. The van der Waals surface area contributed by atoms with Crippen LogP contribution in [-0.4, -0.2) is 35.3 Å². The molecule has 6 heteroatoms. The van der Waals surface area contributed by atoms with Gasteiger partial charge in [0.15, 0.2) is 0 Å². The summed E-state index contributed by atoms with van der Waals surface area (Å²) in [5, 5.41) is 14.3. The molecule has 0 amide bonds. The minimum absolute atomic E-state index is 0.00941. The molecule has 1 N–H and O–H groups in total. The van der Waals surface area contributed by atoms with Crippen molar-refractivity contribution in [2.24, 2.45) is 0 Å². The van der Waals surface area contributed by atoms with Crippen LogP contribution in [0.1, 0.15) is 37.8 Å². The summed E-state index contributed by atoms with van der Waals surface area (Å²) >= 11 is 0. The van der Waals surface area contributed by atoms with E-state index in [0.29, 0.717) is 12.2 Å². The van der Waals surface area contributed by atoms with Crippen molar-refractivity contribution in [3.05, 3.63) is 17.5 Å². The van der Waals surface area contributed by atoms with E-state index in [-0.39, 0.29) is 12.2 Å². The third-order valence-electron chi connectivity index (χ3n) is 2.63. The number of nitrogens with zero attached hydrogens (tertiary/aromatic N) is 2. The number of hydrogen-bond donors (Lipinski definition) is 1. The highest BCUT2D eigenvalue weighted by molar-refractivity contribution is 7.90. The van der Waals surface area contributed by atoms with E-state index in [1.807, 2.05) is 19.9 Å². The van der Waals surface area contributed by atoms with E-state index in [2.05, 4.69) is 5.10 Å². The lowest BCUT2D eigenvalue weighted by Gasteiger charge is -2.11. The van der Waals surface area contributed by atoms with Gasteiger partial charge in [0.25, 0.3) is 0 Å². The molecule has 0 aliphatic heterocycles. The second kappa shape index (κ2) is 5.64. The van der Waals surface area contributed by atoms with Crippen LogP contribution in [0.15, 0.2) is 6.07 Å². The number of hydrogen-bond acceptors (Lipinski definition) is 4. The molecule has 0 spiro atoms. The smallest absolute Gasteiger partial charge is 0.147 e. The van der Waals surface area contributed by atoms with Gasteiger partial charge in [0, 0.05) is 12.8 Å². The SMILES string of the molecule is CCc1cc(C(O)CCS(C)(=O)=O)n(CC)n1. The molecule has 1 aromatic heterocycles. The number of rotatable bonds is 6. The summed E-state index contributed by atoms with van der Waals surface area (Å²) in [7, 11) is -3.04. The molecule has 17 heavy (non-hydrogen) atoms. The maximum Gasteiger partial charge on any atom is 0.147 e. The summed E-state index contributed by atoms with van der Waals surface area (Å²) in [6.07, 6.45) is 1.43. The molecule has 0 radical (unpaired) electrons. The molecule has 0 bridgehead atoms. The van der Waals surface area contributed by atoms with Gasteiger partial charge >= 0.3 is 0 Å². The molecule has 0 saturated carbocycles. The fraction of sp³-hybridized carbons (Fsp3) is 0.727. The Kier molecular flexibility index (Phi) is 4.70. The van der Waals surface area contributed by atoms with Crippen molar-refractivity contribution in [1.29, 1.82) is 0 Å². The Morgan fingerprint density at radius 3 is 2.59 bits per heavy atom. The zero-order valence-electron chi connectivity index (χ0n) is 10.5. The van der Waals surface area contributed by atoms with Gasteiger partial charge in [0.2, 0.25) is 0 Å². The second-order valence-corrected chi connectivity index (χ2v) is 6.42. The van der Waals surface area contributed by atoms with E-state index in [1.54, 1.807) is 4.68 Å². The van der Waals surface area contributed by atoms with E-state index in [9.17, 15) is 13.5 Å². The minimum atomic E-state index is -3.04. The molecule has 1 unspecified atom stereocenters. The zero-order chi connectivity index (χ0) is 13.1. The molecule has 1 heterocycles. The lowest BCUT2D eigenvalue weighted by Crippen LogP contribution is -2.12. The summed E-state index contributed by atoms with van der Waals surface area (Å²) in [6.45, 7) is 4.61.